The molecule has 0 aliphatic heterocycles. The van der Waals surface area contributed by atoms with Gasteiger partial charge >= 0.3 is 5.97 Å². The van der Waals surface area contributed by atoms with Crippen molar-refractivity contribution in [1.82, 2.24) is 4.98 Å². The van der Waals surface area contributed by atoms with E-state index in [1.807, 2.05) is 0 Å². The summed E-state index contributed by atoms with van der Waals surface area (Å²) in [5.41, 5.74) is 6.62. The van der Waals surface area contributed by atoms with E-state index >= 15 is 0 Å². The summed E-state index contributed by atoms with van der Waals surface area (Å²) in [4.78, 5) is 14.8. The summed E-state index contributed by atoms with van der Waals surface area (Å²) in [6.07, 6.45) is 3.07. The largest absolute Gasteiger partial charge is 0.465 e. The van der Waals surface area contributed by atoms with E-state index in [1.54, 1.807) is 12.3 Å². The zero-order chi connectivity index (χ0) is 8.97. The van der Waals surface area contributed by atoms with Gasteiger partial charge in [0.05, 0.1) is 12.7 Å². The molecule has 0 unspecified atom stereocenters. The molecule has 0 spiro atoms. The van der Waals surface area contributed by atoms with Gasteiger partial charge in [-0.2, -0.15) is 0 Å². The van der Waals surface area contributed by atoms with Gasteiger partial charge in [-0.1, -0.05) is 0 Å². The van der Waals surface area contributed by atoms with Crippen molar-refractivity contribution in [3.05, 3.63) is 29.6 Å². The number of aromatic nitrogens is 1. The van der Waals surface area contributed by atoms with Gasteiger partial charge in [-0.05, 0) is 11.6 Å². The molecule has 0 aliphatic carbocycles. The van der Waals surface area contributed by atoms with Gasteiger partial charge in [0.15, 0.2) is 0 Å². The van der Waals surface area contributed by atoms with Crippen LogP contribution < -0.4 is 5.73 Å². The van der Waals surface area contributed by atoms with Crippen molar-refractivity contribution < 1.29 is 9.53 Å². The van der Waals surface area contributed by atoms with Crippen LogP contribution in [0.25, 0.3) is 0 Å². The number of hydrogen-bond acceptors (Lipinski definition) is 4. The smallest absolute Gasteiger partial charge is 0.339 e. The predicted octanol–water partition coefficient (Wildman–Crippen LogP) is 0.749. The Morgan fingerprint density at radius 2 is 2.31 bits per heavy atom. The fourth-order valence-corrected chi connectivity index (χ4v) is 0.829. The van der Waals surface area contributed by atoms with Crippen LogP contribution in [-0.4, -0.2) is 18.1 Å². The van der Waals surface area contributed by atoms with Gasteiger partial charge in [0, 0.05) is 18.9 Å². The zero-order valence-electron chi connectivity index (χ0n) is 7.19. The van der Waals surface area contributed by atoms with Gasteiger partial charge in [-0.15, -0.1) is 12.4 Å². The van der Waals surface area contributed by atoms with Crippen LogP contribution in [0.4, 0.5) is 0 Å². The molecular formula is C8H11ClN2O2. The zero-order valence-corrected chi connectivity index (χ0v) is 8.00. The number of pyridine rings is 1. The van der Waals surface area contributed by atoms with Crippen molar-refractivity contribution in [3.8, 4) is 0 Å². The van der Waals surface area contributed by atoms with Crippen LogP contribution in [0.5, 0.6) is 0 Å². The lowest BCUT2D eigenvalue weighted by Crippen LogP contribution is -2.04. The second kappa shape index (κ2) is 5.50. The molecule has 5 heteroatoms. The molecule has 0 bridgehead atoms. The Labute approximate surface area is 82.5 Å². The number of nitrogens with two attached hydrogens (primary N) is 1. The third-order valence-corrected chi connectivity index (χ3v) is 1.45. The van der Waals surface area contributed by atoms with Crippen molar-refractivity contribution in [3.63, 3.8) is 0 Å². The summed E-state index contributed by atoms with van der Waals surface area (Å²) in [6.45, 7) is 0.373. The highest BCUT2D eigenvalue weighted by Gasteiger charge is 2.04. The van der Waals surface area contributed by atoms with Gasteiger partial charge in [0.25, 0.3) is 0 Å². The number of ether oxygens (including phenoxy) is 1. The fraction of sp³-hybridized carbons (Fsp3) is 0.250. The SMILES string of the molecule is COC(=O)c1cncc(CN)c1.Cl. The van der Waals surface area contributed by atoms with E-state index in [4.69, 9.17) is 5.73 Å². The van der Waals surface area contributed by atoms with E-state index in [1.165, 1.54) is 13.3 Å². The Kier molecular flexibility index (Phi) is 5.03. The number of hydrogen-bond donors (Lipinski definition) is 1. The first-order valence-corrected chi connectivity index (χ1v) is 3.50. The van der Waals surface area contributed by atoms with Crippen molar-refractivity contribution in [2.24, 2.45) is 5.73 Å². The molecule has 4 nitrogen and oxygen atoms in total. The van der Waals surface area contributed by atoms with Gasteiger partial charge < -0.3 is 10.5 Å². The van der Waals surface area contributed by atoms with E-state index in [9.17, 15) is 4.79 Å². The topological polar surface area (TPSA) is 65.2 Å². The lowest BCUT2D eigenvalue weighted by Gasteiger charge is -1.99. The van der Waals surface area contributed by atoms with E-state index in [-0.39, 0.29) is 12.4 Å². The van der Waals surface area contributed by atoms with Crippen LogP contribution >= 0.6 is 12.4 Å². The highest BCUT2D eigenvalue weighted by atomic mass is 35.5. The summed E-state index contributed by atoms with van der Waals surface area (Å²) in [7, 11) is 1.33. The normalized spacial score (nSPS) is 8.77. The molecule has 0 aliphatic rings. The molecule has 0 aromatic carbocycles. The molecule has 1 aromatic heterocycles. The van der Waals surface area contributed by atoms with Crippen LogP contribution in [0, 0.1) is 0 Å². The number of nitrogens with zero attached hydrogens (tertiary/aromatic N) is 1. The standard InChI is InChI=1S/C8H10N2O2.ClH/c1-12-8(11)7-2-6(3-9)4-10-5-7;/h2,4-5H,3,9H2,1H3;1H. The lowest BCUT2D eigenvalue weighted by molar-refractivity contribution is 0.0600. The summed E-state index contributed by atoms with van der Waals surface area (Å²) in [5, 5.41) is 0. The Bertz CT molecular complexity index is 291. The molecule has 0 saturated heterocycles. The number of halogens is 1. The van der Waals surface area contributed by atoms with Crippen LogP contribution in [0.1, 0.15) is 15.9 Å². The fourth-order valence-electron chi connectivity index (χ4n) is 0.829. The number of carbonyl (C=O) groups excluding carboxylic acids is 1. The molecule has 0 fully saturated rings. The molecule has 1 aromatic rings. The first kappa shape index (κ1) is 11.9. The van der Waals surface area contributed by atoms with E-state index in [0.717, 1.165) is 5.56 Å². The minimum absolute atomic E-state index is 0. The number of rotatable bonds is 2. The molecule has 72 valence electrons. The second-order valence-corrected chi connectivity index (χ2v) is 2.28. The highest BCUT2D eigenvalue weighted by molar-refractivity contribution is 5.89. The van der Waals surface area contributed by atoms with Crippen LogP contribution in [0.3, 0.4) is 0 Å². The van der Waals surface area contributed by atoms with Crippen LogP contribution in [0.2, 0.25) is 0 Å². The average Bonchev–Trinajstić information content (AvgIpc) is 2.17. The Morgan fingerprint density at radius 3 is 2.85 bits per heavy atom. The van der Waals surface area contributed by atoms with Crippen LogP contribution in [-0.2, 0) is 11.3 Å². The highest BCUT2D eigenvalue weighted by Crippen LogP contribution is 2.02. The summed E-state index contributed by atoms with van der Waals surface area (Å²) < 4.78 is 4.52. The summed E-state index contributed by atoms with van der Waals surface area (Å²) in [6, 6.07) is 1.67. The van der Waals surface area contributed by atoms with Crippen LogP contribution in [0.15, 0.2) is 18.5 Å². The summed E-state index contributed by atoms with van der Waals surface area (Å²) in [5.74, 6) is -0.391. The molecular weight excluding hydrogens is 192 g/mol. The third kappa shape index (κ3) is 3.01. The van der Waals surface area contributed by atoms with Crippen molar-refractivity contribution in [2.45, 2.75) is 6.54 Å². The molecule has 0 atom stereocenters. The quantitative estimate of drug-likeness (QED) is 0.719. The maximum atomic E-state index is 11.0. The third-order valence-electron chi connectivity index (χ3n) is 1.45. The first-order valence-electron chi connectivity index (χ1n) is 3.50. The molecule has 13 heavy (non-hydrogen) atoms. The maximum absolute atomic E-state index is 11.0. The van der Waals surface area contributed by atoms with Gasteiger partial charge in [-0.3, -0.25) is 4.98 Å². The van der Waals surface area contributed by atoms with E-state index in [2.05, 4.69) is 9.72 Å². The average molecular weight is 203 g/mol. The second-order valence-electron chi connectivity index (χ2n) is 2.28. The molecule has 1 heterocycles. The first-order chi connectivity index (χ1) is 5.77. The molecule has 0 amide bonds. The Morgan fingerprint density at radius 1 is 1.62 bits per heavy atom. The maximum Gasteiger partial charge on any atom is 0.339 e. The molecule has 0 radical (unpaired) electrons. The Balaban J connectivity index is 0.00000144. The lowest BCUT2D eigenvalue weighted by atomic mass is 10.2. The molecule has 1 rings (SSSR count). The van der Waals surface area contributed by atoms with Gasteiger partial charge in [0.2, 0.25) is 0 Å². The predicted molar refractivity (Wildman–Crippen MR) is 50.7 cm³/mol. The van der Waals surface area contributed by atoms with Crippen molar-refractivity contribution >= 4 is 18.4 Å². The van der Waals surface area contributed by atoms with E-state index < -0.39 is 5.97 Å². The van der Waals surface area contributed by atoms with Gasteiger partial charge in [-0.25, -0.2) is 4.79 Å². The van der Waals surface area contributed by atoms with E-state index in [0.29, 0.717) is 12.1 Å². The molecule has 0 saturated carbocycles. The number of methoxy groups -OCH3 is 1. The Hall–Kier alpha value is -1.13. The monoisotopic (exact) mass is 202 g/mol. The van der Waals surface area contributed by atoms with Crippen molar-refractivity contribution in [1.29, 1.82) is 0 Å². The summed E-state index contributed by atoms with van der Waals surface area (Å²) >= 11 is 0. The number of carbonyl (C=O) groups is 1. The van der Waals surface area contributed by atoms with Gasteiger partial charge in [0.1, 0.15) is 0 Å². The number of esters is 1. The molecule has 2 N–H and O–H groups in total. The minimum Gasteiger partial charge on any atom is -0.465 e. The van der Waals surface area contributed by atoms with Crippen molar-refractivity contribution in [2.75, 3.05) is 7.11 Å². The minimum atomic E-state index is -0.391.